The number of nitrogens with zero attached hydrogens (tertiary/aromatic N) is 1. The Bertz CT molecular complexity index is 712. The zero-order valence-corrected chi connectivity index (χ0v) is 16.5. The largest absolute Gasteiger partial charge is 0.417 e. The first kappa shape index (κ1) is 19.1. The van der Waals surface area contributed by atoms with Gasteiger partial charge in [0, 0.05) is 6.20 Å². The first-order valence-electron chi connectivity index (χ1n) is 8.29. The molecule has 0 saturated carbocycles. The van der Waals surface area contributed by atoms with Crippen molar-refractivity contribution < 1.29 is 14.0 Å². The van der Waals surface area contributed by atoms with E-state index in [1.807, 2.05) is 24.3 Å². The summed E-state index contributed by atoms with van der Waals surface area (Å²) in [5.41, 5.74) is 1.50. The van der Waals surface area contributed by atoms with Crippen LogP contribution in [0, 0.1) is 0 Å². The number of aromatic nitrogens is 1. The molecule has 1 N–H and O–H groups in total. The fraction of sp³-hybridized carbons (Fsp3) is 0.368. The van der Waals surface area contributed by atoms with Gasteiger partial charge in [-0.25, -0.2) is 4.79 Å². The molecule has 0 aliphatic rings. The first-order valence-corrected chi connectivity index (χ1v) is 11.2. The molecule has 2 aromatic rings. The second-order valence-corrected chi connectivity index (χ2v) is 12.3. The maximum atomic E-state index is 12.0. The highest BCUT2D eigenvalue weighted by atomic mass is 28.4. The van der Waals surface area contributed by atoms with Crippen LogP contribution < -0.4 is 10.1 Å². The topological polar surface area (TPSA) is 60.5 Å². The average molecular weight is 359 g/mol. The molecule has 0 bridgehead atoms. The van der Waals surface area contributed by atoms with E-state index in [1.165, 1.54) is 0 Å². The third-order valence-corrected chi connectivity index (χ3v) is 8.88. The Morgan fingerprint density at radius 3 is 2.48 bits per heavy atom. The number of ether oxygens (including phenoxy) is 1. The summed E-state index contributed by atoms with van der Waals surface area (Å²) in [6.07, 6.45) is 2.79. The molecular formula is C19H26N2O3Si. The Labute approximate surface area is 150 Å². The first-order chi connectivity index (χ1) is 11.7. The molecule has 2 rings (SSSR count). The predicted molar refractivity (Wildman–Crippen MR) is 102 cm³/mol. The number of benzene rings is 1. The van der Waals surface area contributed by atoms with Crippen LogP contribution in [-0.4, -0.2) is 19.4 Å². The number of pyridine rings is 1. The van der Waals surface area contributed by atoms with Crippen molar-refractivity contribution in [3.05, 3.63) is 54.4 Å². The molecule has 0 unspecified atom stereocenters. The van der Waals surface area contributed by atoms with Crippen LogP contribution in [0.15, 0.2) is 48.8 Å². The van der Waals surface area contributed by atoms with Gasteiger partial charge in [-0.1, -0.05) is 39.0 Å². The number of hydrogen-bond donors (Lipinski definition) is 1. The normalized spacial score (nSPS) is 11.9. The van der Waals surface area contributed by atoms with Crippen molar-refractivity contribution in [3.63, 3.8) is 0 Å². The molecule has 1 aromatic carbocycles. The Kier molecular flexibility index (Phi) is 5.97. The number of rotatable bonds is 5. The molecular weight excluding hydrogens is 332 g/mol. The van der Waals surface area contributed by atoms with E-state index in [4.69, 9.17) is 9.16 Å². The number of anilines is 1. The van der Waals surface area contributed by atoms with Gasteiger partial charge in [-0.15, -0.1) is 0 Å². The second kappa shape index (κ2) is 7.80. The van der Waals surface area contributed by atoms with Gasteiger partial charge in [-0.2, -0.15) is 0 Å². The Morgan fingerprint density at radius 1 is 1.16 bits per heavy atom. The van der Waals surface area contributed by atoms with E-state index in [1.54, 1.807) is 24.5 Å². The van der Waals surface area contributed by atoms with Gasteiger partial charge in [0.15, 0.2) is 8.32 Å². The van der Waals surface area contributed by atoms with Crippen LogP contribution in [0.4, 0.5) is 10.5 Å². The van der Waals surface area contributed by atoms with Crippen molar-refractivity contribution in [3.8, 4) is 5.75 Å². The lowest BCUT2D eigenvalue weighted by Crippen LogP contribution is -2.40. The summed E-state index contributed by atoms with van der Waals surface area (Å²) in [6.45, 7) is 11.5. The molecule has 0 atom stereocenters. The predicted octanol–water partition coefficient (Wildman–Crippen LogP) is 5.21. The molecule has 134 valence electrons. The summed E-state index contributed by atoms with van der Waals surface area (Å²) in [5.74, 6) is 0.491. The molecule has 25 heavy (non-hydrogen) atoms. The zero-order valence-electron chi connectivity index (χ0n) is 15.5. The molecule has 1 aromatic heterocycles. The minimum absolute atomic E-state index is 0.149. The summed E-state index contributed by atoms with van der Waals surface area (Å²) in [6, 6.07) is 10.8. The van der Waals surface area contributed by atoms with Crippen molar-refractivity contribution >= 4 is 20.1 Å². The summed E-state index contributed by atoms with van der Waals surface area (Å²) in [7, 11) is -1.83. The van der Waals surface area contributed by atoms with Gasteiger partial charge in [0.05, 0.1) is 18.5 Å². The van der Waals surface area contributed by atoms with Gasteiger partial charge in [0.25, 0.3) is 0 Å². The van der Waals surface area contributed by atoms with E-state index in [2.05, 4.69) is 44.2 Å². The molecule has 0 radical (unpaired) electrons. The number of nitrogens with one attached hydrogen (secondary N) is 1. The lowest BCUT2D eigenvalue weighted by Gasteiger charge is -2.36. The lowest BCUT2D eigenvalue weighted by atomic mass is 10.2. The fourth-order valence-corrected chi connectivity index (χ4v) is 2.81. The van der Waals surface area contributed by atoms with E-state index in [0.29, 0.717) is 18.0 Å². The highest BCUT2D eigenvalue weighted by Gasteiger charge is 2.37. The third kappa shape index (κ3) is 5.69. The molecule has 0 saturated heterocycles. The molecule has 0 fully saturated rings. The van der Waals surface area contributed by atoms with Gasteiger partial charge in [0.2, 0.25) is 0 Å². The monoisotopic (exact) mass is 358 g/mol. The minimum Gasteiger partial charge on any atom is -0.413 e. The van der Waals surface area contributed by atoms with E-state index in [-0.39, 0.29) is 5.04 Å². The molecule has 0 aliphatic carbocycles. The molecule has 5 nitrogen and oxygen atoms in total. The van der Waals surface area contributed by atoms with Gasteiger partial charge >= 0.3 is 6.09 Å². The molecule has 1 amide bonds. The second-order valence-electron chi connectivity index (χ2n) is 7.46. The highest BCUT2D eigenvalue weighted by molar-refractivity contribution is 6.74. The van der Waals surface area contributed by atoms with Crippen LogP contribution in [0.3, 0.4) is 0 Å². The minimum atomic E-state index is -1.83. The maximum Gasteiger partial charge on any atom is 0.417 e. The van der Waals surface area contributed by atoms with Crippen LogP contribution in [-0.2, 0) is 11.0 Å². The lowest BCUT2D eigenvalue weighted by molar-refractivity contribution is 0.215. The van der Waals surface area contributed by atoms with Crippen molar-refractivity contribution in [1.29, 1.82) is 0 Å². The van der Waals surface area contributed by atoms with Crippen LogP contribution in [0.2, 0.25) is 18.1 Å². The van der Waals surface area contributed by atoms with Crippen molar-refractivity contribution in [2.45, 2.75) is 45.5 Å². The van der Waals surface area contributed by atoms with Crippen LogP contribution in [0.1, 0.15) is 26.3 Å². The summed E-state index contributed by atoms with van der Waals surface area (Å²) in [4.78, 5) is 16.1. The fourth-order valence-electron chi connectivity index (χ4n) is 1.85. The van der Waals surface area contributed by atoms with E-state index < -0.39 is 14.4 Å². The van der Waals surface area contributed by atoms with Crippen molar-refractivity contribution in [2.24, 2.45) is 0 Å². The van der Waals surface area contributed by atoms with E-state index in [9.17, 15) is 4.79 Å². The molecule has 0 aliphatic heterocycles. The SMILES string of the molecule is CC(C)(C)[Si](C)(C)OCc1cncc(NC(=O)Oc2ccccc2)c1. The molecule has 0 spiro atoms. The Hall–Kier alpha value is -2.18. The van der Waals surface area contributed by atoms with Crippen LogP contribution in [0.5, 0.6) is 5.75 Å². The quantitative estimate of drug-likeness (QED) is 0.745. The zero-order chi connectivity index (χ0) is 18.5. The average Bonchev–Trinajstić information content (AvgIpc) is 2.53. The maximum absolute atomic E-state index is 12.0. The number of carbonyl (C=O) groups excluding carboxylic acids is 1. The smallest absolute Gasteiger partial charge is 0.413 e. The van der Waals surface area contributed by atoms with Gasteiger partial charge in [-0.05, 0) is 41.9 Å². The number of carbonyl (C=O) groups is 1. The standard InChI is InChI=1S/C19H26N2O3Si/c1-19(2,3)25(4,5)23-14-15-11-16(13-20-12-15)21-18(22)24-17-9-7-6-8-10-17/h6-13H,14H2,1-5H3,(H,21,22). The highest BCUT2D eigenvalue weighted by Crippen LogP contribution is 2.37. The van der Waals surface area contributed by atoms with Crippen LogP contribution in [0.25, 0.3) is 0 Å². The van der Waals surface area contributed by atoms with Crippen molar-refractivity contribution in [1.82, 2.24) is 4.98 Å². The number of hydrogen-bond acceptors (Lipinski definition) is 4. The number of amides is 1. The van der Waals surface area contributed by atoms with E-state index >= 15 is 0 Å². The summed E-state index contributed by atoms with van der Waals surface area (Å²) < 4.78 is 11.4. The molecule has 1 heterocycles. The van der Waals surface area contributed by atoms with Gasteiger partial charge in [-0.3, -0.25) is 10.3 Å². The number of para-hydroxylation sites is 1. The van der Waals surface area contributed by atoms with E-state index in [0.717, 1.165) is 5.56 Å². The van der Waals surface area contributed by atoms with Gasteiger partial charge < -0.3 is 9.16 Å². The Balaban J connectivity index is 1.96. The molecule has 6 heteroatoms. The Morgan fingerprint density at radius 2 is 1.84 bits per heavy atom. The van der Waals surface area contributed by atoms with Gasteiger partial charge in [0.1, 0.15) is 5.75 Å². The third-order valence-electron chi connectivity index (χ3n) is 4.40. The summed E-state index contributed by atoms with van der Waals surface area (Å²) in [5, 5.41) is 2.84. The summed E-state index contributed by atoms with van der Waals surface area (Å²) >= 11 is 0. The van der Waals surface area contributed by atoms with Crippen LogP contribution >= 0.6 is 0 Å². The van der Waals surface area contributed by atoms with Crippen molar-refractivity contribution in [2.75, 3.05) is 5.32 Å².